The van der Waals surface area contributed by atoms with Crippen molar-refractivity contribution in [3.8, 4) is 0 Å². The quantitative estimate of drug-likeness (QED) is 0.752. The van der Waals surface area contributed by atoms with E-state index in [0.717, 1.165) is 0 Å². The normalized spacial score (nSPS) is 10.2. The summed E-state index contributed by atoms with van der Waals surface area (Å²) in [4.78, 5) is 7.61. The van der Waals surface area contributed by atoms with Gasteiger partial charge in [0.25, 0.3) is 6.43 Å². The van der Waals surface area contributed by atoms with Gasteiger partial charge in [0.15, 0.2) is 0 Å². The van der Waals surface area contributed by atoms with Crippen molar-refractivity contribution < 1.29 is 13.3 Å². The summed E-state index contributed by atoms with van der Waals surface area (Å²) in [6.07, 6.45) is -0.797. The Hall–Kier alpha value is -1.61. The van der Waals surface area contributed by atoms with Gasteiger partial charge in [0.1, 0.15) is 12.8 Å². The number of aryl methyl sites for hydroxylation is 1. The molecule has 2 rings (SSSR count). The molecule has 0 saturated carbocycles. The zero-order chi connectivity index (χ0) is 17.2. The number of aromatic nitrogens is 2. The number of hydrogen-bond acceptors (Lipinski definition) is 3. The summed E-state index contributed by atoms with van der Waals surface area (Å²) in [7, 11) is -2.13. The van der Waals surface area contributed by atoms with E-state index >= 15 is 0 Å². The molecule has 2 heterocycles. The third kappa shape index (κ3) is 7.99. The van der Waals surface area contributed by atoms with E-state index in [0.29, 0.717) is 11.1 Å². The van der Waals surface area contributed by atoms with Crippen molar-refractivity contribution in [3.63, 3.8) is 0 Å². The molecule has 0 saturated heterocycles. The third-order valence-electron chi connectivity index (χ3n) is 2.33. The molecule has 0 spiro atoms. The predicted octanol–water partition coefficient (Wildman–Crippen LogP) is 4.68. The van der Waals surface area contributed by atoms with Crippen LogP contribution in [-0.2, 0) is 4.57 Å². The molecule has 6 heteroatoms. The number of alkyl halides is 2. The number of halogens is 2. The van der Waals surface area contributed by atoms with Crippen molar-refractivity contribution in [1.82, 2.24) is 9.97 Å². The van der Waals surface area contributed by atoms with E-state index in [2.05, 4.69) is 9.97 Å². The Bertz CT molecular complexity index is 586. The lowest BCUT2D eigenvalue weighted by atomic mass is 10.3. The number of rotatable bonds is 2. The second-order valence-electron chi connectivity index (χ2n) is 4.54. The Morgan fingerprint density at radius 2 is 1.68 bits per heavy atom. The first kappa shape index (κ1) is 20.4. The highest BCUT2D eigenvalue weighted by molar-refractivity contribution is 7.69. The first-order valence-electron chi connectivity index (χ1n) is 6.99. The maximum Gasteiger partial charge on any atom is 0.280 e. The summed E-state index contributed by atoms with van der Waals surface area (Å²) in [6, 6.07) is 10.0. The van der Waals surface area contributed by atoms with E-state index in [1.54, 1.807) is 44.6 Å². The standard InChI is InChI=1S/C7H7F2N.C7H10NOP.C2H6/c1-5-3-2-4-6(10-5)7(8)9;1-10(2,9)7-5-3-4-6-8-7;1-2/h2-4,7H,1H3;3-6H,1-2H3;1-2H3. The SMILES string of the molecule is CC.CP(C)(=O)c1ccccn1.Cc1cccc(C(F)F)n1. The Labute approximate surface area is 131 Å². The van der Waals surface area contributed by atoms with Crippen LogP contribution in [0.3, 0.4) is 0 Å². The van der Waals surface area contributed by atoms with Crippen molar-refractivity contribution in [2.45, 2.75) is 27.2 Å². The lowest BCUT2D eigenvalue weighted by molar-refractivity contribution is 0.146. The molecule has 0 aliphatic rings. The van der Waals surface area contributed by atoms with Crippen LogP contribution in [-0.4, -0.2) is 23.3 Å². The molecule has 0 fully saturated rings. The summed E-state index contributed by atoms with van der Waals surface area (Å²) in [5.74, 6) is 0. The Balaban J connectivity index is 0.000000360. The number of nitrogens with zero attached hydrogens (tertiary/aromatic N) is 2. The molecule has 22 heavy (non-hydrogen) atoms. The molecular weight excluding hydrogens is 305 g/mol. The predicted molar refractivity (Wildman–Crippen MR) is 88.6 cm³/mol. The molecule has 122 valence electrons. The fourth-order valence-corrected chi connectivity index (χ4v) is 2.15. The summed E-state index contributed by atoms with van der Waals surface area (Å²) in [5.41, 5.74) is 1.17. The zero-order valence-electron chi connectivity index (χ0n) is 13.6. The van der Waals surface area contributed by atoms with Crippen LogP contribution >= 0.6 is 7.14 Å². The number of pyridine rings is 2. The van der Waals surface area contributed by atoms with Crippen molar-refractivity contribution in [3.05, 3.63) is 54.0 Å². The third-order valence-corrected chi connectivity index (χ3v) is 3.70. The van der Waals surface area contributed by atoms with E-state index < -0.39 is 13.6 Å². The van der Waals surface area contributed by atoms with Crippen LogP contribution in [0.2, 0.25) is 0 Å². The highest BCUT2D eigenvalue weighted by Crippen LogP contribution is 2.32. The smallest absolute Gasteiger partial charge is 0.280 e. The van der Waals surface area contributed by atoms with Crippen molar-refractivity contribution in [1.29, 1.82) is 0 Å². The second-order valence-corrected chi connectivity index (χ2v) is 7.70. The van der Waals surface area contributed by atoms with Gasteiger partial charge in [-0.05, 0) is 44.5 Å². The fourth-order valence-electron chi connectivity index (χ4n) is 1.36. The van der Waals surface area contributed by atoms with Gasteiger partial charge >= 0.3 is 0 Å². The van der Waals surface area contributed by atoms with Crippen molar-refractivity contribution >= 4 is 12.6 Å². The molecule has 0 bridgehead atoms. The topological polar surface area (TPSA) is 42.9 Å². The molecule has 0 atom stereocenters. The highest BCUT2D eigenvalue weighted by atomic mass is 31.2. The molecule has 0 aliphatic heterocycles. The van der Waals surface area contributed by atoms with Crippen LogP contribution < -0.4 is 5.44 Å². The van der Waals surface area contributed by atoms with Gasteiger partial charge in [-0.1, -0.05) is 26.0 Å². The Kier molecular flexibility index (Phi) is 9.43. The second kappa shape index (κ2) is 10.2. The average Bonchev–Trinajstić information content (AvgIpc) is 2.50. The van der Waals surface area contributed by atoms with Crippen LogP contribution in [0.25, 0.3) is 0 Å². The van der Waals surface area contributed by atoms with Gasteiger partial charge in [-0.25, -0.2) is 8.78 Å². The molecular formula is C16H23F2N2OP. The average molecular weight is 328 g/mol. The van der Waals surface area contributed by atoms with E-state index in [4.69, 9.17) is 0 Å². The molecule has 0 radical (unpaired) electrons. The molecule has 0 aromatic carbocycles. The highest BCUT2D eigenvalue weighted by Gasteiger charge is 2.10. The molecule has 2 aromatic rings. The Morgan fingerprint density at radius 1 is 1.05 bits per heavy atom. The maximum absolute atomic E-state index is 11.9. The van der Waals surface area contributed by atoms with Gasteiger partial charge in [0.2, 0.25) is 0 Å². The molecule has 0 N–H and O–H groups in total. The van der Waals surface area contributed by atoms with Gasteiger partial charge in [-0.15, -0.1) is 0 Å². The van der Waals surface area contributed by atoms with Crippen LogP contribution in [0.1, 0.15) is 31.7 Å². The molecule has 0 amide bonds. The van der Waals surface area contributed by atoms with Gasteiger partial charge < -0.3 is 4.57 Å². The minimum atomic E-state index is -2.46. The van der Waals surface area contributed by atoms with Crippen LogP contribution in [0.4, 0.5) is 8.78 Å². The summed E-state index contributed by atoms with van der Waals surface area (Å²) in [5, 5.41) is 0. The first-order valence-corrected chi connectivity index (χ1v) is 9.59. The maximum atomic E-state index is 11.9. The fraction of sp³-hybridized carbons (Fsp3) is 0.375. The monoisotopic (exact) mass is 328 g/mol. The lowest BCUT2D eigenvalue weighted by Crippen LogP contribution is -2.05. The first-order chi connectivity index (χ1) is 10.3. The van der Waals surface area contributed by atoms with Crippen molar-refractivity contribution in [2.24, 2.45) is 0 Å². The summed E-state index contributed by atoms with van der Waals surface area (Å²) >= 11 is 0. The van der Waals surface area contributed by atoms with E-state index in [9.17, 15) is 13.3 Å². The summed E-state index contributed by atoms with van der Waals surface area (Å²) in [6.45, 7) is 9.12. The number of hydrogen-bond donors (Lipinski definition) is 0. The summed E-state index contributed by atoms with van der Waals surface area (Å²) < 4.78 is 35.1. The van der Waals surface area contributed by atoms with Crippen molar-refractivity contribution in [2.75, 3.05) is 13.3 Å². The van der Waals surface area contributed by atoms with E-state index in [1.807, 2.05) is 26.0 Å². The van der Waals surface area contributed by atoms with Gasteiger partial charge in [0.05, 0.1) is 5.44 Å². The minimum absolute atomic E-state index is 0.153. The molecule has 3 nitrogen and oxygen atoms in total. The molecule has 0 unspecified atom stereocenters. The lowest BCUT2D eigenvalue weighted by Gasteiger charge is -2.02. The van der Waals surface area contributed by atoms with Crippen LogP contribution in [0.15, 0.2) is 42.6 Å². The van der Waals surface area contributed by atoms with Gasteiger partial charge in [-0.2, -0.15) is 0 Å². The molecule has 0 aliphatic carbocycles. The van der Waals surface area contributed by atoms with E-state index in [-0.39, 0.29) is 5.69 Å². The van der Waals surface area contributed by atoms with Gasteiger partial charge in [-0.3, -0.25) is 9.97 Å². The van der Waals surface area contributed by atoms with Gasteiger partial charge in [0, 0.05) is 11.9 Å². The zero-order valence-corrected chi connectivity index (χ0v) is 14.5. The largest absolute Gasteiger partial charge is 0.318 e. The molecule has 2 aromatic heterocycles. The van der Waals surface area contributed by atoms with Crippen LogP contribution in [0.5, 0.6) is 0 Å². The Morgan fingerprint density at radius 3 is 2.00 bits per heavy atom. The minimum Gasteiger partial charge on any atom is -0.318 e. The van der Waals surface area contributed by atoms with Crippen LogP contribution in [0, 0.1) is 6.92 Å². The van der Waals surface area contributed by atoms with E-state index in [1.165, 1.54) is 6.07 Å².